The average molecular weight is 370 g/mol. The van der Waals surface area contributed by atoms with Gasteiger partial charge in [0.1, 0.15) is 0 Å². The average Bonchev–Trinajstić information content (AvgIpc) is 3.25. The van der Waals surface area contributed by atoms with E-state index in [1.165, 1.54) is 25.0 Å². The monoisotopic (exact) mass is 369 g/mol. The normalized spacial score (nSPS) is 24.2. The van der Waals surface area contributed by atoms with Gasteiger partial charge in [-0.25, -0.2) is 0 Å². The van der Waals surface area contributed by atoms with Gasteiger partial charge in [-0.05, 0) is 38.5 Å². The Bertz CT molecular complexity index is 512. The van der Waals surface area contributed by atoms with Crippen molar-refractivity contribution in [1.29, 1.82) is 0 Å². The van der Waals surface area contributed by atoms with Crippen LogP contribution in [0.1, 0.15) is 51.4 Å². The van der Waals surface area contributed by atoms with E-state index in [1.807, 2.05) is 32.5 Å². The van der Waals surface area contributed by atoms with E-state index in [2.05, 4.69) is 10.4 Å². The van der Waals surface area contributed by atoms with Crippen molar-refractivity contribution < 1.29 is 9.53 Å². The molecule has 2 fully saturated rings. The molecule has 0 unspecified atom stereocenters. The second-order valence-electron chi connectivity index (χ2n) is 6.56. The number of ether oxygens (including phenoxy) is 1. The fourth-order valence-corrected chi connectivity index (χ4v) is 6.16. The third-order valence-electron chi connectivity index (χ3n) is 4.49. The summed E-state index contributed by atoms with van der Waals surface area (Å²) < 4.78 is 7.60. The Kier molecular flexibility index (Phi) is 7.35. The van der Waals surface area contributed by atoms with Gasteiger partial charge in [0.15, 0.2) is 0 Å². The van der Waals surface area contributed by atoms with Crippen molar-refractivity contribution in [3.05, 3.63) is 12.4 Å². The van der Waals surface area contributed by atoms with Gasteiger partial charge in [-0.1, -0.05) is 28.0 Å². The van der Waals surface area contributed by atoms with E-state index in [1.54, 1.807) is 6.20 Å². The molecule has 3 heterocycles. The summed E-state index contributed by atoms with van der Waals surface area (Å²) >= 11 is 0. The Morgan fingerprint density at radius 3 is 3.12 bits per heavy atom. The zero-order valence-electron chi connectivity index (χ0n) is 14.1. The molecule has 2 saturated heterocycles. The first-order valence-electron chi connectivity index (χ1n) is 9.02. The maximum atomic E-state index is 12.0. The lowest BCUT2D eigenvalue weighted by Crippen LogP contribution is -2.24. The summed E-state index contributed by atoms with van der Waals surface area (Å²) in [5.74, 6) is 1.38. The fourth-order valence-electron chi connectivity index (χ4n) is 3.13. The lowest BCUT2D eigenvalue weighted by molar-refractivity contribution is -0.116. The van der Waals surface area contributed by atoms with Gasteiger partial charge in [0.25, 0.3) is 0 Å². The summed E-state index contributed by atoms with van der Waals surface area (Å²) in [4.78, 5) is 12.0. The number of anilines is 1. The number of hydrogen-bond acceptors (Lipinski definition) is 5. The second kappa shape index (κ2) is 9.73. The zero-order chi connectivity index (χ0) is 16.6. The largest absolute Gasteiger partial charge is 0.376 e. The zero-order valence-corrected chi connectivity index (χ0v) is 15.7. The summed E-state index contributed by atoms with van der Waals surface area (Å²) in [7, 11) is 4.00. The van der Waals surface area contributed by atoms with Crippen LogP contribution in [0.3, 0.4) is 0 Å². The van der Waals surface area contributed by atoms with Gasteiger partial charge in [0.05, 0.1) is 24.5 Å². The fraction of sp³-hybridized carbons (Fsp3) is 0.765. The molecule has 0 saturated carbocycles. The van der Waals surface area contributed by atoms with E-state index in [-0.39, 0.29) is 12.0 Å². The highest BCUT2D eigenvalue weighted by Crippen LogP contribution is 2.39. The van der Waals surface area contributed by atoms with Crippen molar-refractivity contribution >= 4 is 33.2 Å². The van der Waals surface area contributed by atoms with Crippen LogP contribution in [-0.2, 0) is 16.1 Å². The van der Waals surface area contributed by atoms with E-state index in [0.29, 0.717) is 6.42 Å². The molecule has 7 heteroatoms. The number of nitrogens with one attached hydrogen (secondary N) is 1. The molecule has 2 aliphatic rings. The van der Waals surface area contributed by atoms with Crippen molar-refractivity contribution in [2.75, 3.05) is 17.7 Å². The molecule has 1 amide bonds. The van der Waals surface area contributed by atoms with Crippen LogP contribution >= 0.6 is 21.6 Å². The van der Waals surface area contributed by atoms with E-state index in [0.717, 1.165) is 49.8 Å². The summed E-state index contributed by atoms with van der Waals surface area (Å²) in [6.07, 6.45) is 12.7. The highest BCUT2D eigenvalue weighted by Gasteiger charge is 2.16. The van der Waals surface area contributed by atoms with Crippen LogP contribution in [0.2, 0.25) is 0 Å². The Morgan fingerprint density at radius 2 is 2.33 bits per heavy atom. The van der Waals surface area contributed by atoms with Crippen molar-refractivity contribution in [2.24, 2.45) is 0 Å². The molecule has 2 aliphatic heterocycles. The van der Waals surface area contributed by atoms with E-state index >= 15 is 0 Å². The Hall–Kier alpha value is -0.660. The number of carbonyl (C=O) groups excluding carboxylic acids is 1. The molecule has 1 aromatic rings. The summed E-state index contributed by atoms with van der Waals surface area (Å²) in [6.45, 7) is 1.63. The first-order chi connectivity index (χ1) is 11.8. The quantitative estimate of drug-likeness (QED) is 0.552. The van der Waals surface area contributed by atoms with Crippen LogP contribution in [0.4, 0.5) is 5.69 Å². The van der Waals surface area contributed by atoms with Crippen LogP contribution in [0, 0.1) is 0 Å². The molecule has 5 nitrogen and oxygen atoms in total. The highest BCUT2D eigenvalue weighted by molar-refractivity contribution is 8.77. The number of amides is 1. The van der Waals surface area contributed by atoms with Crippen LogP contribution in [0.5, 0.6) is 0 Å². The second-order valence-corrected chi connectivity index (χ2v) is 9.35. The highest BCUT2D eigenvalue weighted by atomic mass is 33.1. The molecule has 24 heavy (non-hydrogen) atoms. The maximum absolute atomic E-state index is 12.0. The minimum Gasteiger partial charge on any atom is -0.376 e. The topological polar surface area (TPSA) is 56.2 Å². The number of rotatable bonds is 8. The van der Waals surface area contributed by atoms with Crippen LogP contribution in [0.25, 0.3) is 0 Å². The molecule has 0 spiro atoms. The molecule has 2 atom stereocenters. The summed E-state index contributed by atoms with van der Waals surface area (Å²) in [5.41, 5.74) is 0.790. The van der Waals surface area contributed by atoms with Gasteiger partial charge >= 0.3 is 0 Å². The lowest BCUT2D eigenvalue weighted by atomic mass is 10.1. The molecule has 1 N–H and O–H groups in total. The van der Waals surface area contributed by atoms with Crippen molar-refractivity contribution in [2.45, 2.75) is 69.3 Å². The molecule has 0 bridgehead atoms. The predicted octanol–water partition coefficient (Wildman–Crippen LogP) is 4.10. The van der Waals surface area contributed by atoms with Gasteiger partial charge < -0.3 is 10.1 Å². The summed E-state index contributed by atoms with van der Waals surface area (Å²) in [5, 5.41) is 8.09. The summed E-state index contributed by atoms with van der Waals surface area (Å²) in [6, 6.07) is 0. The van der Waals surface area contributed by atoms with Crippen molar-refractivity contribution in [3.8, 4) is 0 Å². The molecular formula is C17H27N3O2S2. The number of carbonyl (C=O) groups is 1. The molecule has 0 aliphatic carbocycles. The Labute approximate surface area is 152 Å². The van der Waals surface area contributed by atoms with Crippen LogP contribution < -0.4 is 5.32 Å². The standard InChI is InChI=1S/C17H27N3O2S2/c21-17(7-2-1-6-16-8-10-23-24-16)19-14-11-18-20(12-14)13-15-5-3-4-9-22-15/h11-12,15-16H,1-10,13H2,(H,19,21)/t15-,16+/m0/s1. The number of unbranched alkanes of at least 4 members (excludes halogenated alkanes) is 1. The van der Waals surface area contributed by atoms with E-state index in [4.69, 9.17) is 4.74 Å². The minimum absolute atomic E-state index is 0.0944. The third-order valence-corrected chi connectivity index (χ3v) is 7.50. The molecule has 0 aromatic carbocycles. The smallest absolute Gasteiger partial charge is 0.224 e. The Morgan fingerprint density at radius 1 is 1.38 bits per heavy atom. The van der Waals surface area contributed by atoms with Crippen molar-refractivity contribution in [1.82, 2.24) is 9.78 Å². The van der Waals surface area contributed by atoms with Crippen LogP contribution in [-0.4, -0.2) is 39.4 Å². The van der Waals surface area contributed by atoms with Crippen molar-refractivity contribution in [3.63, 3.8) is 0 Å². The molecule has 1 aromatic heterocycles. The van der Waals surface area contributed by atoms with Crippen LogP contribution in [0.15, 0.2) is 12.4 Å². The minimum atomic E-state index is 0.0944. The number of aromatic nitrogens is 2. The molecule has 0 radical (unpaired) electrons. The van der Waals surface area contributed by atoms with Gasteiger partial charge in [-0.15, -0.1) is 0 Å². The number of nitrogens with zero attached hydrogens (tertiary/aromatic N) is 2. The van der Waals surface area contributed by atoms with Gasteiger partial charge in [0.2, 0.25) is 5.91 Å². The molecule has 3 rings (SSSR count). The Balaban J connectivity index is 1.32. The predicted molar refractivity (Wildman–Crippen MR) is 101 cm³/mol. The third kappa shape index (κ3) is 6.01. The SMILES string of the molecule is O=C(CCCC[C@@H]1CCSS1)Nc1cnn(C[C@@H]2CCCCO2)c1. The van der Waals surface area contributed by atoms with Gasteiger partial charge in [-0.3, -0.25) is 9.48 Å². The lowest BCUT2D eigenvalue weighted by Gasteiger charge is -2.22. The number of hydrogen-bond donors (Lipinski definition) is 1. The first kappa shape index (κ1) is 18.1. The molecule has 134 valence electrons. The van der Waals surface area contributed by atoms with E-state index in [9.17, 15) is 4.79 Å². The first-order valence-corrected chi connectivity index (χ1v) is 11.4. The maximum Gasteiger partial charge on any atom is 0.224 e. The van der Waals surface area contributed by atoms with E-state index < -0.39 is 0 Å². The van der Waals surface area contributed by atoms with Gasteiger partial charge in [-0.2, -0.15) is 5.10 Å². The van der Waals surface area contributed by atoms with Gasteiger partial charge in [0, 0.05) is 30.2 Å². The molecular weight excluding hydrogens is 342 g/mol.